The smallest absolute Gasteiger partial charge is 0.407 e. The predicted molar refractivity (Wildman–Crippen MR) is 133 cm³/mol. The van der Waals surface area contributed by atoms with E-state index < -0.39 is 18.0 Å². The van der Waals surface area contributed by atoms with E-state index in [0.29, 0.717) is 19.3 Å². The maximum absolute atomic E-state index is 12.8. The summed E-state index contributed by atoms with van der Waals surface area (Å²) in [4.78, 5) is 37.0. The summed E-state index contributed by atoms with van der Waals surface area (Å²) in [6.45, 7) is 4.24. The van der Waals surface area contributed by atoms with Gasteiger partial charge in [-0.1, -0.05) is 68.8 Å². The first kappa shape index (κ1) is 24.8. The Kier molecular flexibility index (Phi) is 7.73. The number of amides is 2. The molecule has 4 rings (SSSR count). The van der Waals surface area contributed by atoms with Crippen LogP contribution in [0.3, 0.4) is 0 Å². The number of ether oxygens (including phenoxy) is 1. The van der Waals surface area contributed by atoms with E-state index in [1.165, 1.54) is 11.1 Å². The third-order valence-electron chi connectivity index (χ3n) is 7.13. The Hall–Kier alpha value is -3.35. The fourth-order valence-corrected chi connectivity index (χ4v) is 5.43. The molecule has 3 atom stereocenters. The van der Waals surface area contributed by atoms with Gasteiger partial charge in [0, 0.05) is 18.5 Å². The largest absolute Gasteiger partial charge is 0.481 e. The van der Waals surface area contributed by atoms with Crippen molar-refractivity contribution in [3.63, 3.8) is 0 Å². The van der Waals surface area contributed by atoms with E-state index >= 15 is 0 Å². The number of carbonyl (C=O) groups is 3. The van der Waals surface area contributed by atoms with Gasteiger partial charge in [0.2, 0.25) is 5.91 Å². The molecule has 0 aromatic heterocycles. The molecule has 0 aliphatic heterocycles. The number of carboxylic acids is 1. The number of carbonyl (C=O) groups excluding carboxylic acids is 2. The highest BCUT2D eigenvalue weighted by Gasteiger charge is 2.35. The van der Waals surface area contributed by atoms with E-state index in [1.807, 2.05) is 38.1 Å². The summed E-state index contributed by atoms with van der Waals surface area (Å²) in [5.74, 6) is -1.91. The lowest BCUT2D eigenvalue weighted by Gasteiger charge is -2.22. The Bertz CT molecular complexity index is 1040. The first-order valence-corrected chi connectivity index (χ1v) is 12.5. The van der Waals surface area contributed by atoms with Crippen molar-refractivity contribution in [2.45, 2.75) is 51.5 Å². The molecule has 0 saturated heterocycles. The standard InChI is InChI=1S/C28H34N2O5/c1-17(2)14-18(27(32)33)15-29-26(31)23-12-7-13-25(23)30-28(34)35-16-24-21-10-5-3-8-19(21)20-9-4-6-11-22(20)24/h3-6,8-11,17-18,23-25H,7,12-16H2,1-2H3,(H,29,31)(H,30,34)(H,32,33). The van der Waals surface area contributed by atoms with E-state index in [9.17, 15) is 19.5 Å². The van der Waals surface area contributed by atoms with Gasteiger partial charge in [-0.05, 0) is 47.4 Å². The van der Waals surface area contributed by atoms with Crippen LogP contribution in [0.2, 0.25) is 0 Å². The SMILES string of the molecule is CC(C)CC(CNC(=O)C1CCCC1NC(=O)OCC1c2ccccc2-c2ccccc21)C(=O)O. The molecule has 2 aromatic rings. The Morgan fingerprint density at radius 3 is 2.23 bits per heavy atom. The van der Waals surface area contributed by atoms with E-state index in [2.05, 4.69) is 34.9 Å². The summed E-state index contributed by atoms with van der Waals surface area (Å²) in [5.41, 5.74) is 4.63. The van der Waals surface area contributed by atoms with Gasteiger partial charge in [0.15, 0.2) is 0 Å². The van der Waals surface area contributed by atoms with Crippen LogP contribution in [-0.2, 0) is 14.3 Å². The van der Waals surface area contributed by atoms with Crippen LogP contribution >= 0.6 is 0 Å². The number of hydrogen-bond donors (Lipinski definition) is 3. The summed E-state index contributed by atoms with van der Waals surface area (Å²) in [6.07, 6.45) is 2.14. The number of nitrogens with one attached hydrogen (secondary N) is 2. The highest BCUT2D eigenvalue weighted by Crippen LogP contribution is 2.44. The van der Waals surface area contributed by atoms with Gasteiger partial charge in [-0.25, -0.2) is 4.79 Å². The number of benzene rings is 2. The highest BCUT2D eigenvalue weighted by atomic mass is 16.5. The monoisotopic (exact) mass is 478 g/mol. The minimum absolute atomic E-state index is 0.0234. The van der Waals surface area contributed by atoms with Crippen LogP contribution in [0, 0.1) is 17.8 Å². The van der Waals surface area contributed by atoms with Gasteiger partial charge in [0.25, 0.3) is 0 Å². The molecule has 2 aliphatic carbocycles. The van der Waals surface area contributed by atoms with Gasteiger partial charge in [0.05, 0.1) is 11.8 Å². The second-order valence-corrected chi connectivity index (χ2v) is 10.0. The molecular weight excluding hydrogens is 444 g/mol. The van der Waals surface area contributed by atoms with Gasteiger partial charge in [-0.15, -0.1) is 0 Å². The van der Waals surface area contributed by atoms with Crippen molar-refractivity contribution in [2.75, 3.05) is 13.2 Å². The van der Waals surface area contributed by atoms with Gasteiger partial charge >= 0.3 is 12.1 Å². The zero-order valence-electron chi connectivity index (χ0n) is 20.3. The summed E-state index contributed by atoms with van der Waals surface area (Å²) in [5, 5.41) is 15.1. The minimum Gasteiger partial charge on any atom is -0.481 e. The van der Waals surface area contributed by atoms with Crippen molar-refractivity contribution in [1.82, 2.24) is 10.6 Å². The zero-order valence-corrected chi connectivity index (χ0v) is 20.3. The molecule has 3 unspecified atom stereocenters. The molecule has 7 nitrogen and oxygen atoms in total. The number of aliphatic carboxylic acids is 1. The van der Waals surface area contributed by atoms with Crippen molar-refractivity contribution in [3.8, 4) is 11.1 Å². The fraction of sp³-hybridized carbons (Fsp3) is 0.464. The molecule has 0 heterocycles. The molecular formula is C28H34N2O5. The quantitative estimate of drug-likeness (QED) is 0.490. The van der Waals surface area contributed by atoms with Crippen molar-refractivity contribution < 1.29 is 24.2 Å². The lowest BCUT2D eigenvalue weighted by molar-refractivity contribution is -0.142. The molecule has 2 aromatic carbocycles. The molecule has 1 saturated carbocycles. The van der Waals surface area contributed by atoms with Crippen LogP contribution in [0.15, 0.2) is 48.5 Å². The number of hydrogen-bond acceptors (Lipinski definition) is 4. The van der Waals surface area contributed by atoms with Crippen LogP contribution in [0.4, 0.5) is 4.79 Å². The Balaban J connectivity index is 1.32. The van der Waals surface area contributed by atoms with E-state index in [0.717, 1.165) is 17.5 Å². The third kappa shape index (κ3) is 5.66. The first-order valence-electron chi connectivity index (χ1n) is 12.5. The average molecular weight is 479 g/mol. The van der Waals surface area contributed by atoms with Gasteiger partial charge < -0.3 is 20.5 Å². The molecule has 0 bridgehead atoms. The van der Waals surface area contributed by atoms with Crippen molar-refractivity contribution >= 4 is 18.0 Å². The van der Waals surface area contributed by atoms with Crippen LogP contribution < -0.4 is 10.6 Å². The normalized spacial score (nSPS) is 19.6. The van der Waals surface area contributed by atoms with E-state index in [4.69, 9.17) is 4.74 Å². The zero-order chi connectivity index (χ0) is 24.9. The minimum atomic E-state index is -0.904. The molecule has 3 N–H and O–H groups in total. The number of carboxylic acid groups (broad SMARTS) is 1. The fourth-order valence-electron chi connectivity index (χ4n) is 5.43. The second-order valence-electron chi connectivity index (χ2n) is 10.0. The summed E-state index contributed by atoms with van der Waals surface area (Å²) >= 11 is 0. The highest BCUT2D eigenvalue weighted by molar-refractivity contribution is 5.82. The molecule has 2 aliphatic rings. The van der Waals surface area contributed by atoms with Crippen LogP contribution in [0.25, 0.3) is 11.1 Å². The van der Waals surface area contributed by atoms with Crippen molar-refractivity contribution in [3.05, 3.63) is 59.7 Å². The molecule has 1 fully saturated rings. The molecule has 7 heteroatoms. The molecule has 0 radical (unpaired) electrons. The molecule has 2 amide bonds. The van der Waals surface area contributed by atoms with Gasteiger partial charge in [-0.2, -0.15) is 0 Å². The lowest BCUT2D eigenvalue weighted by atomic mass is 9.96. The average Bonchev–Trinajstić information content (AvgIpc) is 3.42. The number of rotatable bonds is 9. The molecule has 186 valence electrons. The Morgan fingerprint density at radius 2 is 1.63 bits per heavy atom. The number of alkyl carbamates (subject to hydrolysis) is 1. The summed E-state index contributed by atoms with van der Waals surface area (Å²) in [6, 6.07) is 16.0. The molecule has 0 spiro atoms. The predicted octanol–water partition coefficient (Wildman–Crippen LogP) is 4.56. The molecule has 35 heavy (non-hydrogen) atoms. The van der Waals surface area contributed by atoms with Crippen LogP contribution in [-0.4, -0.2) is 42.3 Å². The van der Waals surface area contributed by atoms with Crippen molar-refractivity contribution in [1.29, 1.82) is 0 Å². The summed E-state index contributed by atoms with van der Waals surface area (Å²) < 4.78 is 5.64. The second kappa shape index (κ2) is 10.9. The Labute approximate surface area is 206 Å². The first-order chi connectivity index (χ1) is 16.8. The van der Waals surface area contributed by atoms with Crippen LogP contribution in [0.1, 0.15) is 56.6 Å². The van der Waals surface area contributed by atoms with E-state index in [1.54, 1.807) is 0 Å². The summed E-state index contributed by atoms with van der Waals surface area (Å²) in [7, 11) is 0. The lowest BCUT2D eigenvalue weighted by Crippen LogP contribution is -2.45. The number of fused-ring (bicyclic) bond motifs is 3. The Morgan fingerprint density at radius 1 is 1.00 bits per heavy atom. The van der Waals surface area contributed by atoms with Crippen LogP contribution in [0.5, 0.6) is 0 Å². The van der Waals surface area contributed by atoms with Gasteiger partial charge in [-0.3, -0.25) is 9.59 Å². The van der Waals surface area contributed by atoms with Gasteiger partial charge in [0.1, 0.15) is 6.61 Å². The van der Waals surface area contributed by atoms with Crippen molar-refractivity contribution in [2.24, 2.45) is 17.8 Å². The maximum Gasteiger partial charge on any atom is 0.407 e. The third-order valence-corrected chi connectivity index (χ3v) is 7.13. The maximum atomic E-state index is 12.8. The topological polar surface area (TPSA) is 105 Å². The van der Waals surface area contributed by atoms with E-state index in [-0.39, 0.29) is 42.9 Å².